The molecule has 0 fully saturated rings. The normalized spacial score (nSPS) is 13.0. The van der Waals surface area contributed by atoms with E-state index in [2.05, 4.69) is 37.0 Å². The fraction of sp³-hybridized carbons (Fsp3) is 0.316. The monoisotopic (exact) mass is 314 g/mol. The van der Waals surface area contributed by atoms with Gasteiger partial charge in [0, 0.05) is 12.5 Å². The van der Waals surface area contributed by atoms with Gasteiger partial charge < -0.3 is 10.5 Å². The second-order valence-electron chi connectivity index (χ2n) is 5.81. The Morgan fingerprint density at radius 2 is 1.96 bits per heavy atom. The summed E-state index contributed by atoms with van der Waals surface area (Å²) in [7, 11) is 0. The van der Waals surface area contributed by atoms with E-state index >= 15 is 0 Å². The fourth-order valence-electron chi connectivity index (χ4n) is 2.23. The van der Waals surface area contributed by atoms with Crippen LogP contribution in [0.2, 0.25) is 0 Å². The molecule has 2 aromatic rings. The van der Waals surface area contributed by atoms with Crippen LogP contribution in [0.15, 0.2) is 47.5 Å². The van der Waals surface area contributed by atoms with Crippen LogP contribution >= 0.6 is 0 Å². The third-order valence-corrected chi connectivity index (χ3v) is 3.64. The first-order valence-electron chi connectivity index (χ1n) is 7.71. The van der Waals surface area contributed by atoms with Gasteiger partial charge in [-0.05, 0) is 49.6 Å². The van der Waals surface area contributed by atoms with Crippen LogP contribution in [0, 0.1) is 19.7 Å². The van der Waals surface area contributed by atoms with Crippen LogP contribution in [0.4, 0.5) is 4.39 Å². The van der Waals surface area contributed by atoms with Gasteiger partial charge in [-0.15, -0.1) is 0 Å². The third kappa shape index (κ3) is 5.40. The number of ether oxygens (including phenoxy) is 1. The second-order valence-corrected chi connectivity index (χ2v) is 5.81. The lowest BCUT2D eigenvalue weighted by Gasteiger charge is -2.13. The van der Waals surface area contributed by atoms with E-state index in [0.717, 1.165) is 5.56 Å². The molecule has 0 aromatic heterocycles. The largest absolute Gasteiger partial charge is 0.489 e. The van der Waals surface area contributed by atoms with Gasteiger partial charge in [0.05, 0.1) is 12.4 Å². The second kappa shape index (κ2) is 7.77. The van der Waals surface area contributed by atoms with Crippen molar-refractivity contribution in [2.75, 3.05) is 6.54 Å². The van der Waals surface area contributed by atoms with Crippen LogP contribution in [-0.2, 0) is 6.42 Å². The summed E-state index contributed by atoms with van der Waals surface area (Å²) < 4.78 is 18.7. The van der Waals surface area contributed by atoms with Crippen molar-refractivity contribution in [2.24, 2.45) is 10.7 Å². The maximum Gasteiger partial charge on any atom is 0.126 e. The SMILES string of the molecule is Cc1ccc(CC(N)=NCC(C)Oc2cccc(F)c2)cc1C. The molecule has 0 heterocycles. The lowest BCUT2D eigenvalue weighted by molar-refractivity contribution is 0.229. The van der Waals surface area contributed by atoms with Crippen molar-refractivity contribution < 1.29 is 9.13 Å². The molecule has 0 radical (unpaired) electrons. The number of aryl methyl sites for hydroxylation is 2. The van der Waals surface area contributed by atoms with E-state index < -0.39 is 0 Å². The molecule has 1 unspecified atom stereocenters. The standard InChI is InChI=1S/C19H23FN2O/c1-13-7-8-16(9-14(13)2)10-19(21)22-12-15(3)23-18-6-4-5-17(20)11-18/h4-9,11,15H,10,12H2,1-3H3,(H2,21,22). The minimum absolute atomic E-state index is 0.171. The Hall–Kier alpha value is -2.36. The van der Waals surface area contributed by atoms with E-state index in [1.807, 2.05) is 6.92 Å². The molecule has 0 aliphatic rings. The number of rotatable bonds is 6. The van der Waals surface area contributed by atoms with E-state index in [4.69, 9.17) is 10.5 Å². The quantitative estimate of drug-likeness (QED) is 0.651. The van der Waals surface area contributed by atoms with Gasteiger partial charge in [0.1, 0.15) is 17.7 Å². The van der Waals surface area contributed by atoms with Crippen LogP contribution in [0.25, 0.3) is 0 Å². The molecule has 0 saturated heterocycles. The van der Waals surface area contributed by atoms with E-state index in [-0.39, 0.29) is 11.9 Å². The third-order valence-electron chi connectivity index (χ3n) is 3.64. The Morgan fingerprint density at radius 1 is 1.17 bits per heavy atom. The summed E-state index contributed by atoms with van der Waals surface area (Å²) in [5.41, 5.74) is 9.65. The summed E-state index contributed by atoms with van der Waals surface area (Å²) in [5.74, 6) is 0.760. The van der Waals surface area contributed by atoms with Gasteiger partial charge in [-0.3, -0.25) is 4.99 Å². The Morgan fingerprint density at radius 3 is 2.65 bits per heavy atom. The fourth-order valence-corrected chi connectivity index (χ4v) is 2.23. The molecular weight excluding hydrogens is 291 g/mol. The Labute approximate surface area is 137 Å². The molecule has 0 bridgehead atoms. The van der Waals surface area contributed by atoms with Gasteiger partial charge in [0.25, 0.3) is 0 Å². The molecule has 0 aliphatic heterocycles. The number of hydrogen-bond donors (Lipinski definition) is 1. The molecule has 0 saturated carbocycles. The predicted octanol–water partition coefficient (Wildman–Crippen LogP) is 3.81. The summed E-state index contributed by atoms with van der Waals surface area (Å²) in [6, 6.07) is 12.4. The molecule has 4 heteroatoms. The zero-order valence-electron chi connectivity index (χ0n) is 13.8. The highest BCUT2D eigenvalue weighted by Crippen LogP contribution is 2.14. The molecule has 122 valence electrons. The topological polar surface area (TPSA) is 47.6 Å². The molecule has 0 aliphatic carbocycles. The summed E-state index contributed by atoms with van der Waals surface area (Å²) in [6.07, 6.45) is 0.448. The zero-order chi connectivity index (χ0) is 16.8. The lowest BCUT2D eigenvalue weighted by atomic mass is 10.0. The van der Waals surface area contributed by atoms with Crippen molar-refractivity contribution in [3.8, 4) is 5.75 Å². The summed E-state index contributed by atoms with van der Waals surface area (Å²) >= 11 is 0. The van der Waals surface area contributed by atoms with E-state index in [9.17, 15) is 4.39 Å². The van der Waals surface area contributed by atoms with Crippen molar-refractivity contribution >= 4 is 5.84 Å². The van der Waals surface area contributed by atoms with Crippen LogP contribution in [-0.4, -0.2) is 18.5 Å². The van der Waals surface area contributed by atoms with Crippen molar-refractivity contribution in [3.63, 3.8) is 0 Å². The summed E-state index contributed by atoms with van der Waals surface area (Å²) in [6.45, 7) is 6.49. The number of nitrogens with two attached hydrogens (primary N) is 1. The molecule has 1 atom stereocenters. The first-order valence-corrected chi connectivity index (χ1v) is 7.71. The average molecular weight is 314 g/mol. The minimum atomic E-state index is -0.313. The van der Waals surface area contributed by atoms with Crippen LogP contribution in [0.3, 0.4) is 0 Å². The number of amidine groups is 1. The van der Waals surface area contributed by atoms with Gasteiger partial charge in [0.2, 0.25) is 0 Å². The minimum Gasteiger partial charge on any atom is -0.489 e. The van der Waals surface area contributed by atoms with Crippen molar-refractivity contribution in [2.45, 2.75) is 33.3 Å². The number of benzene rings is 2. The zero-order valence-corrected chi connectivity index (χ0v) is 13.8. The number of aliphatic imine (C=N–C) groups is 1. The highest BCUT2D eigenvalue weighted by molar-refractivity contribution is 5.82. The first-order chi connectivity index (χ1) is 10.9. The first kappa shape index (κ1) is 17.0. The molecule has 23 heavy (non-hydrogen) atoms. The molecule has 2 rings (SSSR count). The summed E-state index contributed by atoms with van der Waals surface area (Å²) in [5, 5.41) is 0. The number of nitrogens with zero attached hydrogens (tertiary/aromatic N) is 1. The van der Waals surface area contributed by atoms with Crippen LogP contribution in [0.1, 0.15) is 23.6 Å². The van der Waals surface area contributed by atoms with Crippen LogP contribution in [0.5, 0.6) is 5.75 Å². The predicted molar refractivity (Wildman–Crippen MR) is 92.6 cm³/mol. The van der Waals surface area contributed by atoms with E-state index in [0.29, 0.717) is 24.6 Å². The van der Waals surface area contributed by atoms with Gasteiger partial charge >= 0.3 is 0 Å². The summed E-state index contributed by atoms with van der Waals surface area (Å²) in [4.78, 5) is 4.37. The van der Waals surface area contributed by atoms with Gasteiger partial charge in [0.15, 0.2) is 0 Å². The smallest absolute Gasteiger partial charge is 0.126 e. The van der Waals surface area contributed by atoms with Crippen molar-refractivity contribution in [1.82, 2.24) is 0 Å². The highest BCUT2D eigenvalue weighted by Gasteiger charge is 2.05. The van der Waals surface area contributed by atoms with Crippen LogP contribution < -0.4 is 10.5 Å². The van der Waals surface area contributed by atoms with Gasteiger partial charge in [-0.25, -0.2) is 4.39 Å². The van der Waals surface area contributed by atoms with Crippen molar-refractivity contribution in [3.05, 3.63) is 65.0 Å². The number of halogens is 1. The number of hydrogen-bond acceptors (Lipinski definition) is 2. The molecule has 0 spiro atoms. The maximum absolute atomic E-state index is 13.1. The maximum atomic E-state index is 13.1. The molecule has 2 aromatic carbocycles. The molecule has 3 nitrogen and oxygen atoms in total. The molecule has 2 N–H and O–H groups in total. The molecule has 0 amide bonds. The van der Waals surface area contributed by atoms with E-state index in [1.165, 1.54) is 23.3 Å². The highest BCUT2D eigenvalue weighted by atomic mass is 19.1. The average Bonchev–Trinajstić information content (AvgIpc) is 2.49. The Bertz CT molecular complexity index is 698. The van der Waals surface area contributed by atoms with Gasteiger partial charge in [-0.1, -0.05) is 24.3 Å². The Kier molecular flexibility index (Phi) is 5.74. The van der Waals surface area contributed by atoms with Gasteiger partial charge in [-0.2, -0.15) is 0 Å². The van der Waals surface area contributed by atoms with Crippen molar-refractivity contribution in [1.29, 1.82) is 0 Å². The van der Waals surface area contributed by atoms with E-state index in [1.54, 1.807) is 12.1 Å². The lowest BCUT2D eigenvalue weighted by Crippen LogP contribution is -2.21. The Balaban J connectivity index is 1.89. The molecular formula is C19H23FN2O.